The van der Waals surface area contributed by atoms with Gasteiger partial charge in [0.15, 0.2) is 0 Å². The lowest BCUT2D eigenvalue weighted by Gasteiger charge is -2.12. The van der Waals surface area contributed by atoms with Gasteiger partial charge in [-0.05, 0) is 56.2 Å². The zero-order valence-electron chi connectivity index (χ0n) is 13.2. The average Bonchev–Trinajstić information content (AvgIpc) is 2.65. The van der Waals surface area contributed by atoms with E-state index in [0.717, 1.165) is 26.1 Å². The summed E-state index contributed by atoms with van der Waals surface area (Å²) >= 11 is 0. The molecule has 1 atom stereocenters. The van der Waals surface area contributed by atoms with Crippen molar-refractivity contribution in [3.63, 3.8) is 0 Å². The van der Waals surface area contributed by atoms with Crippen molar-refractivity contribution in [2.24, 2.45) is 5.92 Å². The molecule has 0 spiro atoms. The Morgan fingerprint density at radius 1 is 1.00 bits per heavy atom. The van der Waals surface area contributed by atoms with Crippen LogP contribution in [0.1, 0.15) is 46.1 Å². The van der Waals surface area contributed by atoms with Crippen LogP contribution in [0, 0.1) is 5.92 Å². The van der Waals surface area contributed by atoms with Crippen LogP contribution in [0.3, 0.4) is 0 Å². The molecule has 0 amide bonds. The minimum absolute atomic E-state index is 0.629. The number of hydrogen-bond donors (Lipinski definition) is 0. The van der Waals surface area contributed by atoms with Crippen molar-refractivity contribution in [2.75, 3.05) is 6.61 Å². The van der Waals surface area contributed by atoms with Crippen LogP contribution in [0.4, 0.5) is 0 Å². The maximum Gasteiger partial charge on any atom is 0.0716 e. The first-order valence-corrected chi connectivity index (χ1v) is 7.60. The number of benzene rings is 1. The molecule has 1 heteroatoms. The summed E-state index contributed by atoms with van der Waals surface area (Å²) in [6, 6.07) is 10.4. The van der Waals surface area contributed by atoms with Crippen LogP contribution in [0.25, 0.3) is 0 Å². The van der Waals surface area contributed by atoms with Crippen molar-refractivity contribution in [1.82, 2.24) is 0 Å². The zero-order chi connectivity index (χ0) is 14.5. The summed E-state index contributed by atoms with van der Waals surface area (Å²) in [4.78, 5) is 0. The lowest BCUT2D eigenvalue weighted by molar-refractivity contribution is 0.118. The SMILES string of the molecule is CC1=C(C)C(C)C(CCCOCc2ccccc2)=C1C. The third-order valence-electron chi connectivity index (χ3n) is 4.65. The molecule has 108 valence electrons. The van der Waals surface area contributed by atoms with E-state index in [-0.39, 0.29) is 0 Å². The smallest absolute Gasteiger partial charge is 0.0716 e. The molecule has 0 radical (unpaired) electrons. The molecule has 1 aliphatic carbocycles. The molecule has 1 unspecified atom stereocenters. The third-order valence-corrected chi connectivity index (χ3v) is 4.65. The molecule has 0 N–H and O–H groups in total. The van der Waals surface area contributed by atoms with Crippen LogP contribution in [0.5, 0.6) is 0 Å². The predicted molar refractivity (Wildman–Crippen MR) is 85.6 cm³/mol. The fraction of sp³-hybridized carbons (Fsp3) is 0.474. The van der Waals surface area contributed by atoms with Gasteiger partial charge in [-0.15, -0.1) is 0 Å². The second-order valence-electron chi connectivity index (χ2n) is 5.82. The number of ether oxygens (including phenoxy) is 1. The van der Waals surface area contributed by atoms with Gasteiger partial charge in [0, 0.05) is 6.61 Å². The molecule has 20 heavy (non-hydrogen) atoms. The maximum atomic E-state index is 5.77. The predicted octanol–water partition coefficient (Wildman–Crippen LogP) is 5.29. The van der Waals surface area contributed by atoms with Gasteiger partial charge in [-0.1, -0.05) is 48.4 Å². The molecule has 0 aliphatic heterocycles. The Morgan fingerprint density at radius 2 is 1.70 bits per heavy atom. The van der Waals surface area contributed by atoms with E-state index in [1.807, 2.05) is 6.07 Å². The monoisotopic (exact) mass is 270 g/mol. The normalized spacial score (nSPS) is 19.1. The topological polar surface area (TPSA) is 9.23 Å². The van der Waals surface area contributed by atoms with Crippen molar-refractivity contribution in [3.05, 3.63) is 58.2 Å². The third kappa shape index (κ3) is 3.40. The van der Waals surface area contributed by atoms with Gasteiger partial charge in [0.25, 0.3) is 0 Å². The van der Waals surface area contributed by atoms with Crippen LogP contribution >= 0.6 is 0 Å². The molecular weight excluding hydrogens is 244 g/mol. The van der Waals surface area contributed by atoms with Crippen molar-refractivity contribution in [1.29, 1.82) is 0 Å². The van der Waals surface area contributed by atoms with Crippen molar-refractivity contribution in [2.45, 2.75) is 47.1 Å². The van der Waals surface area contributed by atoms with Gasteiger partial charge < -0.3 is 4.74 Å². The largest absolute Gasteiger partial charge is 0.377 e. The van der Waals surface area contributed by atoms with Gasteiger partial charge in [-0.2, -0.15) is 0 Å². The summed E-state index contributed by atoms with van der Waals surface area (Å²) < 4.78 is 5.77. The summed E-state index contributed by atoms with van der Waals surface area (Å²) in [5.74, 6) is 0.629. The quantitative estimate of drug-likeness (QED) is 0.638. The van der Waals surface area contributed by atoms with E-state index in [1.54, 1.807) is 11.1 Å². The van der Waals surface area contributed by atoms with Crippen LogP contribution in [0.15, 0.2) is 52.6 Å². The Bertz CT molecular complexity index is 508. The average molecular weight is 270 g/mol. The summed E-state index contributed by atoms with van der Waals surface area (Å²) in [7, 11) is 0. The van der Waals surface area contributed by atoms with E-state index in [1.165, 1.54) is 16.7 Å². The summed E-state index contributed by atoms with van der Waals surface area (Å²) in [6.07, 6.45) is 2.28. The molecule has 0 heterocycles. The molecule has 0 saturated heterocycles. The van der Waals surface area contributed by atoms with E-state index >= 15 is 0 Å². The highest BCUT2D eigenvalue weighted by atomic mass is 16.5. The Morgan fingerprint density at radius 3 is 2.30 bits per heavy atom. The van der Waals surface area contributed by atoms with Crippen molar-refractivity contribution >= 4 is 0 Å². The molecular formula is C19H26O. The second-order valence-corrected chi connectivity index (χ2v) is 5.82. The zero-order valence-corrected chi connectivity index (χ0v) is 13.2. The first-order valence-electron chi connectivity index (χ1n) is 7.60. The van der Waals surface area contributed by atoms with E-state index in [0.29, 0.717) is 5.92 Å². The fourth-order valence-electron chi connectivity index (χ4n) is 2.98. The van der Waals surface area contributed by atoms with Gasteiger partial charge in [0.1, 0.15) is 0 Å². The highest BCUT2D eigenvalue weighted by Gasteiger charge is 2.22. The van der Waals surface area contributed by atoms with E-state index in [2.05, 4.69) is 52.0 Å². The Labute approximate surface area is 123 Å². The van der Waals surface area contributed by atoms with Crippen LogP contribution < -0.4 is 0 Å². The lowest BCUT2D eigenvalue weighted by atomic mass is 9.94. The number of allylic oxidation sites excluding steroid dienone is 4. The lowest BCUT2D eigenvalue weighted by Crippen LogP contribution is -2.01. The molecule has 0 aromatic heterocycles. The van der Waals surface area contributed by atoms with Gasteiger partial charge >= 0.3 is 0 Å². The Hall–Kier alpha value is -1.34. The molecule has 1 aromatic carbocycles. The van der Waals surface area contributed by atoms with Gasteiger partial charge in [-0.25, -0.2) is 0 Å². The highest BCUT2D eigenvalue weighted by Crippen LogP contribution is 2.38. The van der Waals surface area contributed by atoms with Crippen molar-refractivity contribution in [3.8, 4) is 0 Å². The van der Waals surface area contributed by atoms with Gasteiger partial charge in [-0.3, -0.25) is 0 Å². The molecule has 0 saturated carbocycles. The van der Waals surface area contributed by atoms with Gasteiger partial charge in [0.05, 0.1) is 6.61 Å². The Balaban J connectivity index is 1.72. The minimum atomic E-state index is 0.629. The van der Waals surface area contributed by atoms with Crippen LogP contribution in [-0.4, -0.2) is 6.61 Å². The van der Waals surface area contributed by atoms with Crippen molar-refractivity contribution < 1.29 is 4.74 Å². The molecule has 1 aliphatic rings. The van der Waals surface area contributed by atoms with Crippen LogP contribution in [-0.2, 0) is 11.3 Å². The highest BCUT2D eigenvalue weighted by molar-refractivity contribution is 5.46. The number of rotatable bonds is 6. The van der Waals surface area contributed by atoms with E-state index in [4.69, 9.17) is 4.74 Å². The summed E-state index contributed by atoms with van der Waals surface area (Å²) in [5, 5.41) is 0. The molecule has 0 bridgehead atoms. The molecule has 2 rings (SSSR count). The minimum Gasteiger partial charge on any atom is -0.377 e. The first-order chi connectivity index (χ1) is 9.61. The Kier molecular flexibility index (Phi) is 5.19. The first kappa shape index (κ1) is 15.1. The molecule has 1 nitrogen and oxygen atoms in total. The van der Waals surface area contributed by atoms with Gasteiger partial charge in [0.2, 0.25) is 0 Å². The summed E-state index contributed by atoms with van der Waals surface area (Å²) in [6.45, 7) is 10.7. The standard InChI is InChI=1S/C19H26O/c1-14-15(2)17(4)19(16(14)3)11-8-12-20-13-18-9-6-5-7-10-18/h5-7,9-10,16H,8,11-13H2,1-4H3. The molecule has 1 aromatic rings. The fourth-order valence-corrected chi connectivity index (χ4v) is 2.98. The summed E-state index contributed by atoms with van der Waals surface area (Å²) in [5.41, 5.74) is 7.42. The maximum absolute atomic E-state index is 5.77. The van der Waals surface area contributed by atoms with E-state index in [9.17, 15) is 0 Å². The number of hydrogen-bond acceptors (Lipinski definition) is 1. The van der Waals surface area contributed by atoms with Crippen LogP contribution in [0.2, 0.25) is 0 Å². The molecule has 0 fully saturated rings. The second kappa shape index (κ2) is 6.90. The van der Waals surface area contributed by atoms with E-state index < -0.39 is 0 Å².